The largest absolute Gasteiger partial charge is 0.444 e. The van der Waals surface area contributed by atoms with Gasteiger partial charge in [0.2, 0.25) is 16.0 Å². The highest BCUT2D eigenvalue weighted by molar-refractivity contribution is 7.88. The van der Waals surface area contributed by atoms with E-state index in [2.05, 4.69) is 10.3 Å². The smallest absolute Gasteiger partial charge is 0.229 e. The van der Waals surface area contributed by atoms with Crippen LogP contribution in [0.15, 0.2) is 71.6 Å². The second-order valence-electron chi connectivity index (χ2n) is 8.42. The van der Waals surface area contributed by atoms with Crippen LogP contribution in [0, 0.1) is 0 Å². The molecule has 0 unspecified atom stereocenters. The number of aromatic nitrogens is 3. The van der Waals surface area contributed by atoms with E-state index >= 15 is 0 Å². The maximum absolute atomic E-state index is 12.3. The summed E-state index contributed by atoms with van der Waals surface area (Å²) < 4.78 is 31.4. The first-order valence-electron chi connectivity index (χ1n) is 11.5. The minimum Gasteiger partial charge on any atom is -0.444 e. The van der Waals surface area contributed by atoms with E-state index in [9.17, 15) is 13.5 Å². The minimum absolute atomic E-state index is 0.102. The lowest BCUT2D eigenvalue weighted by Gasteiger charge is -2.32. The summed E-state index contributed by atoms with van der Waals surface area (Å²) in [5.41, 5.74) is 4.02. The van der Waals surface area contributed by atoms with E-state index in [0.29, 0.717) is 30.5 Å². The van der Waals surface area contributed by atoms with Gasteiger partial charge in [-0.15, -0.1) is 0 Å². The zero-order valence-electron chi connectivity index (χ0n) is 19.7. The van der Waals surface area contributed by atoms with Crippen LogP contribution in [-0.2, 0) is 23.0 Å². The molecule has 0 aliphatic carbocycles. The van der Waals surface area contributed by atoms with Crippen molar-refractivity contribution in [2.45, 2.75) is 13.0 Å². The molecule has 0 radical (unpaired) electrons. The van der Waals surface area contributed by atoms with Crippen LogP contribution in [0.4, 0.5) is 23.1 Å². The van der Waals surface area contributed by atoms with Crippen LogP contribution in [0.5, 0.6) is 0 Å². The van der Waals surface area contributed by atoms with Crippen LogP contribution in [-0.4, -0.2) is 58.7 Å². The van der Waals surface area contributed by atoms with Gasteiger partial charge in [-0.05, 0) is 36.4 Å². The third-order valence-corrected chi connectivity index (χ3v) is 7.23. The van der Waals surface area contributed by atoms with E-state index in [4.69, 9.17) is 14.4 Å². The number of sulfonamides is 1. The summed E-state index contributed by atoms with van der Waals surface area (Å²) in [6.07, 6.45) is 4.71. The van der Waals surface area contributed by atoms with Crippen LogP contribution in [0.3, 0.4) is 0 Å². The second-order valence-corrected chi connectivity index (χ2v) is 10.4. The van der Waals surface area contributed by atoms with Crippen LogP contribution >= 0.6 is 0 Å². The Labute approximate surface area is 209 Å². The molecule has 1 aliphatic rings. The summed E-state index contributed by atoms with van der Waals surface area (Å²) in [7, 11) is -3.39. The Kier molecular flexibility index (Phi) is 6.68. The highest BCUT2D eigenvalue weighted by atomic mass is 32.2. The molecule has 36 heavy (non-hydrogen) atoms. The Morgan fingerprint density at radius 1 is 1.11 bits per heavy atom. The zero-order chi connectivity index (χ0) is 25.1. The molecule has 0 atom stereocenters. The lowest BCUT2D eigenvalue weighted by Crippen LogP contribution is -2.37. The van der Waals surface area contributed by atoms with Crippen molar-refractivity contribution in [1.82, 2.24) is 19.3 Å². The first-order valence-corrected chi connectivity index (χ1v) is 13.3. The number of nitrogens with zero attached hydrogens (tertiary/aromatic N) is 5. The molecule has 0 bridgehead atoms. The van der Waals surface area contributed by atoms with Gasteiger partial charge in [-0.1, -0.05) is 18.2 Å². The number of para-hydroxylation sites is 1. The van der Waals surface area contributed by atoms with Crippen molar-refractivity contribution in [2.24, 2.45) is 0 Å². The van der Waals surface area contributed by atoms with E-state index in [1.807, 2.05) is 59.5 Å². The van der Waals surface area contributed by atoms with Gasteiger partial charge in [0.25, 0.3) is 0 Å². The molecule has 11 heteroatoms. The van der Waals surface area contributed by atoms with Crippen LogP contribution < -0.4 is 10.2 Å². The third-order valence-electron chi connectivity index (χ3n) is 5.98. The number of nitrogens with one attached hydrogen (secondary N) is 1. The molecule has 4 aromatic rings. The van der Waals surface area contributed by atoms with E-state index in [1.54, 1.807) is 6.20 Å². The number of benzene rings is 2. The number of oxazole rings is 1. The molecule has 10 nitrogen and oxygen atoms in total. The Balaban J connectivity index is 1.54. The molecular weight excluding hydrogens is 480 g/mol. The van der Waals surface area contributed by atoms with Crippen molar-refractivity contribution in [3.8, 4) is 11.3 Å². The van der Waals surface area contributed by atoms with E-state index in [0.717, 1.165) is 28.2 Å². The molecule has 0 saturated carbocycles. The molecule has 186 valence electrons. The summed E-state index contributed by atoms with van der Waals surface area (Å²) in [4.78, 5) is 15.4. The molecule has 3 heterocycles. The van der Waals surface area contributed by atoms with Crippen molar-refractivity contribution >= 4 is 33.2 Å². The zero-order valence-corrected chi connectivity index (χ0v) is 20.5. The number of fused-ring (bicyclic) bond motifs is 1. The summed E-state index contributed by atoms with van der Waals surface area (Å²) >= 11 is 0. The number of aliphatic hydroxyl groups excluding tert-OH is 1. The average molecular weight is 507 g/mol. The SMILES string of the molecule is CS(=O)(=O)N1CCc2nc(Nc3ccc(-c4cnco4)cc3)nc(N(CCO)c3ccccc3)c2C1. The van der Waals surface area contributed by atoms with Gasteiger partial charge in [0, 0.05) is 48.6 Å². The highest BCUT2D eigenvalue weighted by Crippen LogP contribution is 2.34. The third kappa shape index (κ3) is 5.08. The fourth-order valence-corrected chi connectivity index (χ4v) is 4.99. The van der Waals surface area contributed by atoms with Crippen molar-refractivity contribution in [1.29, 1.82) is 0 Å². The summed E-state index contributed by atoms with van der Waals surface area (Å²) in [5.74, 6) is 1.63. The standard InChI is InChI=1S/C25H26N6O4S/c1-36(33,34)30-12-11-22-21(16-30)24(31(13-14-32)20-5-3-2-4-6-20)29-25(28-22)27-19-9-7-18(8-10-19)23-15-26-17-35-23/h2-10,15,17,32H,11-14,16H2,1H3,(H,27,28,29). The number of hydrogen-bond donors (Lipinski definition) is 2. The first kappa shape index (κ1) is 23.9. The quantitative estimate of drug-likeness (QED) is 0.370. The molecule has 1 aliphatic heterocycles. The molecule has 0 fully saturated rings. The average Bonchev–Trinajstić information content (AvgIpc) is 3.42. The van der Waals surface area contributed by atoms with Crippen molar-refractivity contribution < 1.29 is 17.9 Å². The maximum atomic E-state index is 12.3. The number of aliphatic hydroxyl groups is 1. The predicted octanol–water partition coefficient (Wildman–Crippen LogP) is 3.32. The van der Waals surface area contributed by atoms with Gasteiger partial charge in [0.05, 0.1) is 24.8 Å². The first-order chi connectivity index (χ1) is 17.4. The van der Waals surface area contributed by atoms with Crippen molar-refractivity contribution in [3.05, 3.63) is 78.4 Å². The van der Waals surface area contributed by atoms with Gasteiger partial charge in [0.1, 0.15) is 5.82 Å². The van der Waals surface area contributed by atoms with Gasteiger partial charge >= 0.3 is 0 Å². The molecular formula is C25H26N6O4S. The summed E-state index contributed by atoms with van der Waals surface area (Å²) in [6.45, 7) is 0.705. The maximum Gasteiger partial charge on any atom is 0.229 e. The predicted molar refractivity (Wildman–Crippen MR) is 137 cm³/mol. The van der Waals surface area contributed by atoms with Gasteiger partial charge < -0.3 is 19.7 Å². The van der Waals surface area contributed by atoms with Crippen molar-refractivity contribution in [2.75, 3.05) is 36.2 Å². The molecule has 2 aromatic heterocycles. The highest BCUT2D eigenvalue weighted by Gasteiger charge is 2.29. The van der Waals surface area contributed by atoms with Gasteiger partial charge in [-0.2, -0.15) is 9.29 Å². The Hall–Kier alpha value is -3.80. The van der Waals surface area contributed by atoms with Gasteiger partial charge in [0.15, 0.2) is 12.2 Å². The number of hydrogen-bond acceptors (Lipinski definition) is 9. The molecule has 2 aromatic carbocycles. The van der Waals surface area contributed by atoms with Crippen LogP contribution in [0.2, 0.25) is 0 Å². The molecule has 0 saturated heterocycles. The monoisotopic (exact) mass is 506 g/mol. The van der Waals surface area contributed by atoms with Gasteiger partial charge in [-0.25, -0.2) is 18.4 Å². The van der Waals surface area contributed by atoms with E-state index in [-0.39, 0.29) is 19.7 Å². The lowest BCUT2D eigenvalue weighted by molar-refractivity contribution is 0.305. The Morgan fingerprint density at radius 3 is 2.56 bits per heavy atom. The van der Waals surface area contributed by atoms with Gasteiger partial charge in [-0.3, -0.25) is 0 Å². The van der Waals surface area contributed by atoms with Crippen molar-refractivity contribution in [3.63, 3.8) is 0 Å². The van der Waals surface area contributed by atoms with E-state index < -0.39 is 10.0 Å². The van der Waals surface area contributed by atoms with E-state index in [1.165, 1.54) is 17.0 Å². The Morgan fingerprint density at radius 2 is 1.89 bits per heavy atom. The van der Waals surface area contributed by atoms with Crippen LogP contribution in [0.1, 0.15) is 11.3 Å². The fraction of sp³-hybridized carbons (Fsp3) is 0.240. The topological polar surface area (TPSA) is 125 Å². The Bertz CT molecular complexity index is 1430. The number of anilines is 4. The summed E-state index contributed by atoms with van der Waals surface area (Å²) in [6, 6.07) is 17.2. The normalized spacial score (nSPS) is 13.8. The lowest BCUT2D eigenvalue weighted by atomic mass is 10.1. The summed E-state index contributed by atoms with van der Waals surface area (Å²) in [5, 5.41) is 13.1. The molecule has 0 spiro atoms. The molecule has 2 N–H and O–H groups in total. The fourth-order valence-electron chi connectivity index (χ4n) is 4.20. The number of rotatable bonds is 8. The second kappa shape index (κ2) is 10.1. The molecule has 0 amide bonds. The molecule has 5 rings (SSSR count). The van der Waals surface area contributed by atoms with Crippen LogP contribution in [0.25, 0.3) is 11.3 Å². The minimum atomic E-state index is -3.39.